The van der Waals surface area contributed by atoms with Gasteiger partial charge in [0.15, 0.2) is 0 Å². The molecule has 124 valence electrons. The number of rotatable bonds is 3. The lowest BCUT2D eigenvalue weighted by molar-refractivity contribution is 0.228. The van der Waals surface area contributed by atoms with Gasteiger partial charge in [0.05, 0.1) is 10.9 Å². The van der Waals surface area contributed by atoms with Gasteiger partial charge in [-0.15, -0.1) is 6.58 Å². The number of sulfonamides is 1. The third-order valence-corrected chi connectivity index (χ3v) is 5.80. The molecule has 0 radical (unpaired) electrons. The van der Waals surface area contributed by atoms with Gasteiger partial charge in [-0.1, -0.05) is 35.9 Å². The van der Waals surface area contributed by atoms with Gasteiger partial charge >= 0.3 is 6.03 Å². The van der Waals surface area contributed by atoms with E-state index in [1.165, 1.54) is 18.2 Å². The Morgan fingerprint density at radius 3 is 2.33 bits per heavy atom. The number of nitrogens with zero attached hydrogens (tertiary/aromatic N) is 1. The van der Waals surface area contributed by atoms with Crippen molar-refractivity contribution in [2.24, 2.45) is 0 Å². The van der Waals surface area contributed by atoms with Crippen molar-refractivity contribution in [1.29, 1.82) is 0 Å². The Morgan fingerprint density at radius 1 is 1.08 bits per heavy atom. The van der Waals surface area contributed by atoms with Crippen molar-refractivity contribution in [1.82, 2.24) is 4.31 Å². The second-order valence-corrected chi connectivity index (χ2v) is 7.63. The van der Waals surface area contributed by atoms with Gasteiger partial charge in [0.2, 0.25) is 0 Å². The molecule has 0 spiro atoms. The van der Waals surface area contributed by atoms with Crippen molar-refractivity contribution in [2.75, 3.05) is 5.32 Å². The average Bonchev–Trinajstić information content (AvgIpc) is 2.53. The van der Waals surface area contributed by atoms with Crippen LogP contribution < -0.4 is 5.32 Å². The zero-order valence-corrected chi connectivity index (χ0v) is 14.3. The molecule has 0 aliphatic carbocycles. The third kappa shape index (κ3) is 2.59. The monoisotopic (exact) mass is 342 g/mol. The molecule has 24 heavy (non-hydrogen) atoms. The molecule has 1 aliphatic heterocycles. The molecule has 0 unspecified atom stereocenters. The Hall–Kier alpha value is -2.60. The van der Waals surface area contributed by atoms with Gasteiger partial charge in [0.1, 0.15) is 0 Å². The fraction of sp³-hybridized carbons (Fsp3) is 0.167. The van der Waals surface area contributed by atoms with Crippen molar-refractivity contribution < 1.29 is 13.2 Å². The molecule has 1 N–H and O–H groups in total. The molecular formula is C18H18N2O3S. The van der Waals surface area contributed by atoms with E-state index in [9.17, 15) is 13.2 Å². The number of hydrogen-bond acceptors (Lipinski definition) is 3. The number of fused-ring (bicyclic) bond motifs is 1. The molecule has 0 aromatic heterocycles. The number of aryl methyl sites for hydroxylation is 2. The average molecular weight is 342 g/mol. The molecule has 2 amide bonds. The van der Waals surface area contributed by atoms with Gasteiger partial charge in [-0.05, 0) is 37.6 Å². The van der Waals surface area contributed by atoms with Gasteiger partial charge in [-0.25, -0.2) is 17.5 Å². The van der Waals surface area contributed by atoms with Crippen molar-refractivity contribution >= 4 is 21.7 Å². The van der Waals surface area contributed by atoms with E-state index >= 15 is 0 Å². The molecule has 5 nitrogen and oxygen atoms in total. The zero-order valence-electron chi connectivity index (χ0n) is 13.5. The van der Waals surface area contributed by atoms with Crippen LogP contribution in [-0.4, -0.2) is 18.8 Å². The maximum Gasteiger partial charge on any atom is 0.336 e. The first-order chi connectivity index (χ1) is 11.3. The quantitative estimate of drug-likeness (QED) is 0.864. The predicted molar refractivity (Wildman–Crippen MR) is 93.3 cm³/mol. The van der Waals surface area contributed by atoms with Crippen LogP contribution in [0.25, 0.3) is 0 Å². The third-order valence-electron chi connectivity index (χ3n) is 4.02. The summed E-state index contributed by atoms with van der Waals surface area (Å²) < 4.78 is 26.8. The number of anilines is 1. The van der Waals surface area contributed by atoms with E-state index in [-0.39, 0.29) is 4.90 Å². The highest BCUT2D eigenvalue weighted by atomic mass is 32.2. The second-order valence-electron chi connectivity index (χ2n) is 5.82. The second kappa shape index (κ2) is 5.79. The highest BCUT2D eigenvalue weighted by Crippen LogP contribution is 2.37. The highest BCUT2D eigenvalue weighted by molar-refractivity contribution is 7.89. The molecule has 1 heterocycles. The summed E-state index contributed by atoms with van der Waals surface area (Å²) >= 11 is 0. The number of benzene rings is 2. The van der Waals surface area contributed by atoms with Crippen molar-refractivity contribution in [3.8, 4) is 0 Å². The van der Waals surface area contributed by atoms with E-state index in [1.54, 1.807) is 12.1 Å². The van der Waals surface area contributed by atoms with Gasteiger partial charge in [-0.2, -0.15) is 0 Å². The minimum atomic E-state index is -3.99. The number of amides is 2. The lowest BCUT2D eigenvalue weighted by Crippen LogP contribution is -2.45. The summed E-state index contributed by atoms with van der Waals surface area (Å²) in [6, 6.07) is 10.5. The van der Waals surface area contributed by atoms with E-state index < -0.39 is 22.1 Å². The lowest BCUT2D eigenvalue weighted by atomic mass is 10.0. The molecule has 0 saturated heterocycles. The molecular weight excluding hydrogens is 324 g/mol. The summed E-state index contributed by atoms with van der Waals surface area (Å²) in [5.41, 5.74) is 3.23. The van der Waals surface area contributed by atoms with Crippen LogP contribution in [0.4, 0.5) is 10.5 Å². The Kier molecular flexibility index (Phi) is 3.93. The Labute approximate surface area is 141 Å². The number of urea groups is 1. The maximum absolute atomic E-state index is 13.0. The van der Waals surface area contributed by atoms with Crippen molar-refractivity contribution in [2.45, 2.75) is 24.8 Å². The fourth-order valence-electron chi connectivity index (χ4n) is 2.76. The summed E-state index contributed by atoms with van der Waals surface area (Å²) in [6.45, 7) is 7.50. The van der Waals surface area contributed by atoms with Crippen LogP contribution in [0.2, 0.25) is 0 Å². The van der Waals surface area contributed by atoms with Crippen LogP contribution in [0, 0.1) is 13.8 Å². The lowest BCUT2D eigenvalue weighted by Gasteiger charge is -2.35. The molecule has 2 aromatic carbocycles. The Morgan fingerprint density at radius 2 is 1.71 bits per heavy atom. The summed E-state index contributed by atoms with van der Waals surface area (Å²) in [5.74, 6) is 0. The largest absolute Gasteiger partial charge is 0.336 e. The van der Waals surface area contributed by atoms with E-state index in [4.69, 9.17) is 0 Å². The summed E-state index contributed by atoms with van der Waals surface area (Å²) in [7, 11) is -3.99. The topological polar surface area (TPSA) is 66.5 Å². The number of carbonyl (C=O) groups excluding carboxylic acids is 1. The number of hydrogen-bond donors (Lipinski definition) is 1. The minimum Gasteiger partial charge on any atom is -0.307 e. The predicted octanol–water partition coefficient (Wildman–Crippen LogP) is 3.77. The Balaban J connectivity index is 2.13. The first-order valence-electron chi connectivity index (χ1n) is 7.50. The molecule has 0 bridgehead atoms. The first kappa shape index (κ1) is 16.3. The van der Waals surface area contributed by atoms with E-state index in [0.29, 0.717) is 11.3 Å². The first-order valence-corrected chi connectivity index (χ1v) is 8.94. The number of carbonyl (C=O) groups is 1. The smallest absolute Gasteiger partial charge is 0.307 e. The Bertz CT molecular complexity index is 918. The standard InChI is InChI=1S/C18H18N2O3S/c1-4-17-15-10-7-13(3)11-16(15)19-18(21)20(17)24(22,23)14-8-5-12(2)6-9-14/h4-11,17H,1H2,2-3H3,(H,19,21)/t17-/m0/s1. The number of nitrogens with one attached hydrogen (secondary N) is 1. The molecule has 0 saturated carbocycles. The van der Waals surface area contributed by atoms with Crippen LogP contribution in [0.15, 0.2) is 60.0 Å². The van der Waals surface area contributed by atoms with Crippen LogP contribution in [-0.2, 0) is 10.0 Å². The SMILES string of the molecule is C=C[C@H]1c2ccc(C)cc2NC(=O)N1S(=O)(=O)c1ccc(C)cc1. The molecule has 3 rings (SSSR count). The molecule has 0 fully saturated rings. The van der Waals surface area contributed by atoms with Crippen molar-refractivity contribution in [3.63, 3.8) is 0 Å². The van der Waals surface area contributed by atoms with E-state index in [1.807, 2.05) is 32.0 Å². The van der Waals surface area contributed by atoms with Gasteiger partial charge in [0, 0.05) is 11.3 Å². The van der Waals surface area contributed by atoms with Crippen LogP contribution in [0.5, 0.6) is 0 Å². The highest BCUT2D eigenvalue weighted by Gasteiger charge is 2.39. The van der Waals surface area contributed by atoms with E-state index in [2.05, 4.69) is 11.9 Å². The van der Waals surface area contributed by atoms with Gasteiger partial charge in [-0.3, -0.25) is 0 Å². The van der Waals surface area contributed by atoms with E-state index in [0.717, 1.165) is 15.4 Å². The molecule has 6 heteroatoms. The molecule has 2 aromatic rings. The normalized spacial score (nSPS) is 17.2. The zero-order chi connectivity index (χ0) is 17.5. The fourth-order valence-corrected chi connectivity index (χ4v) is 4.23. The van der Waals surface area contributed by atoms with Crippen LogP contribution in [0.1, 0.15) is 22.7 Å². The molecule has 1 atom stereocenters. The molecule has 1 aliphatic rings. The van der Waals surface area contributed by atoms with Crippen LogP contribution in [0.3, 0.4) is 0 Å². The maximum atomic E-state index is 13.0. The summed E-state index contributed by atoms with van der Waals surface area (Å²) in [4.78, 5) is 12.6. The summed E-state index contributed by atoms with van der Waals surface area (Å²) in [5, 5.41) is 2.66. The van der Waals surface area contributed by atoms with Gasteiger partial charge in [0.25, 0.3) is 10.0 Å². The minimum absolute atomic E-state index is 0.0747. The van der Waals surface area contributed by atoms with Gasteiger partial charge < -0.3 is 5.32 Å². The van der Waals surface area contributed by atoms with Crippen molar-refractivity contribution in [3.05, 3.63) is 71.8 Å². The van der Waals surface area contributed by atoms with Crippen LogP contribution >= 0.6 is 0 Å². The summed E-state index contributed by atoms with van der Waals surface area (Å²) in [6.07, 6.45) is 1.47.